The molecule has 3 nitrogen and oxygen atoms in total. The van der Waals surface area contributed by atoms with Gasteiger partial charge in [0.2, 0.25) is 0 Å². The molecule has 2 aliphatic rings. The lowest BCUT2D eigenvalue weighted by Crippen LogP contribution is -2.23. The van der Waals surface area contributed by atoms with Crippen molar-refractivity contribution in [3.8, 4) is 0 Å². The second-order valence-electron chi connectivity index (χ2n) is 5.59. The van der Waals surface area contributed by atoms with Crippen LogP contribution < -0.4 is 0 Å². The first-order valence-electron chi connectivity index (χ1n) is 7.24. The van der Waals surface area contributed by atoms with Crippen molar-refractivity contribution in [2.24, 2.45) is 11.1 Å². The fraction of sp³-hybridized carbons (Fsp3) is 0.929. The van der Waals surface area contributed by atoms with E-state index in [1.54, 1.807) is 0 Å². The minimum Gasteiger partial charge on any atom is -0.394 e. The highest BCUT2D eigenvalue weighted by molar-refractivity contribution is 5.84. The molecule has 1 heterocycles. The Bertz CT molecular complexity index is 247. The number of hydrogen-bond acceptors (Lipinski definition) is 3. The molecule has 0 spiro atoms. The van der Waals surface area contributed by atoms with E-state index in [4.69, 9.17) is 4.84 Å². The topological polar surface area (TPSA) is 24.8 Å². The third-order valence-corrected chi connectivity index (χ3v) is 3.89. The van der Waals surface area contributed by atoms with Crippen molar-refractivity contribution in [2.45, 2.75) is 51.9 Å². The Labute approximate surface area is 105 Å². The average molecular weight is 238 g/mol. The standard InChI is InChI=1S/C14H26N2O/c1-13-6-2-3-7-14(12-13)15-17-11-10-16-8-4-5-9-16/h13H,2-12H2,1H3. The van der Waals surface area contributed by atoms with E-state index in [1.165, 1.54) is 50.9 Å². The second-order valence-corrected chi connectivity index (χ2v) is 5.59. The van der Waals surface area contributed by atoms with Gasteiger partial charge in [-0.05, 0) is 51.1 Å². The van der Waals surface area contributed by atoms with Crippen molar-refractivity contribution in [1.29, 1.82) is 0 Å². The van der Waals surface area contributed by atoms with E-state index >= 15 is 0 Å². The van der Waals surface area contributed by atoms with Crippen LogP contribution in [0.3, 0.4) is 0 Å². The summed E-state index contributed by atoms with van der Waals surface area (Å²) in [7, 11) is 0. The first kappa shape index (κ1) is 12.9. The van der Waals surface area contributed by atoms with E-state index in [0.29, 0.717) is 0 Å². The molecule has 2 fully saturated rings. The molecule has 1 unspecified atom stereocenters. The Morgan fingerprint density at radius 2 is 2.06 bits per heavy atom. The SMILES string of the molecule is CC1CCCCC(=NOCCN2CCCC2)C1. The first-order valence-corrected chi connectivity index (χ1v) is 7.24. The van der Waals surface area contributed by atoms with Crippen LogP contribution in [-0.2, 0) is 4.84 Å². The smallest absolute Gasteiger partial charge is 0.129 e. The maximum absolute atomic E-state index is 5.49. The molecule has 0 bridgehead atoms. The predicted octanol–water partition coefficient (Wildman–Crippen LogP) is 3.06. The van der Waals surface area contributed by atoms with Crippen molar-refractivity contribution in [3.05, 3.63) is 0 Å². The lowest BCUT2D eigenvalue weighted by atomic mass is 10.0. The Kier molecular flexibility index (Phi) is 5.30. The summed E-state index contributed by atoms with van der Waals surface area (Å²) in [6, 6.07) is 0. The number of rotatable bonds is 4. The van der Waals surface area contributed by atoms with Crippen LogP contribution in [0.15, 0.2) is 5.16 Å². The molecule has 0 N–H and O–H groups in total. The average Bonchev–Trinajstić information content (AvgIpc) is 2.74. The van der Waals surface area contributed by atoms with Gasteiger partial charge in [-0.2, -0.15) is 0 Å². The zero-order chi connectivity index (χ0) is 11.9. The van der Waals surface area contributed by atoms with Gasteiger partial charge in [0.05, 0.1) is 5.71 Å². The van der Waals surface area contributed by atoms with E-state index in [-0.39, 0.29) is 0 Å². The highest BCUT2D eigenvalue weighted by atomic mass is 16.6. The molecule has 0 amide bonds. The van der Waals surface area contributed by atoms with Crippen LogP contribution in [0.2, 0.25) is 0 Å². The quantitative estimate of drug-likeness (QED) is 0.427. The van der Waals surface area contributed by atoms with Gasteiger partial charge in [-0.15, -0.1) is 0 Å². The van der Waals surface area contributed by atoms with Gasteiger partial charge in [-0.25, -0.2) is 0 Å². The summed E-state index contributed by atoms with van der Waals surface area (Å²) in [4.78, 5) is 7.95. The molecule has 0 aromatic carbocycles. The van der Waals surface area contributed by atoms with Crippen LogP contribution in [0.25, 0.3) is 0 Å². The molecule has 0 radical (unpaired) electrons. The van der Waals surface area contributed by atoms with Crippen molar-refractivity contribution >= 4 is 5.71 Å². The molecule has 1 saturated carbocycles. The Morgan fingerprint density at radius 1 is 1.24 bits per heavy atom. The zero-order valence-corrected chi connectivity index (χ0v) is 11.2. The van der Waals surface area contributed by atoms with Crippen molar-refractivity contribution in [3.63, 3.8) is 0 Å². The maximum atomic E-state index is 5.49. The second kappa shape index (κ2) is 7.00. The number of oxime groups is 1. The monoisotopic (exact) mass is 238 g/mol. The van der Waals surface area contributed by atoms with Crippen molar-refractivity contribution in [2.75, 3.05) is 26.2 Å². The van der Waals surface area contributed by atoms with Gasteiger partial charge in [0, 0.05) is 6.54 Å². The van der Waals surface area contributed by atoms with Gasteiger partial charge in [0.25, 0.3) is 0 Å². The van der Waals surface area contributed by atoms with Gasteiger partial charge in [0.15, 0.2) is 0 Å². The van der Waals surface area contributed by atoms with Crippen LogP contribution in [0, 0.1) is 5.92 Å². The molecule has 1 saturated heterocycles. The van der Waals surface area contributed by atoms with Crippen molar-refractivity contribution in [1.82, 2.24) is 4.90 Å². The number of hydrogen-bond donors (Lipinski definition) is 0. The Hall–Kier alpha value is -0.570. The fourth-order valence-corrected chi connectivity index (χ4v) is 2.82. The molecular weight excluding hydrogens is 212 g/mol. The minimum atomic E-state index is 0.762. The van der Waals surface area contributed by atoms with Gasteiger partial charge in [-0.3, -0.25) is 4.90 Å². The number of nitrogens with zero attached hydrogens (tertiary/aromatic N) is 2. The van der Waals surface area contributed by atoms with E-state index in [9.17, 15) is 0 Å². The van der Waals surface area contributed by atoms with E-state index in [2.05, 4.69) is 17.0 Å². The molecule has 2 rings (SSSR count). The van der Waals surface area contributed by atoms with Crippen LogP contribution in [0.5, 0.6) is 0 Å². The Morgan fingerprint density at radius 3 is 2.88 bits per heavy atom. The van der Waals surface area contributed by atoms with Gasteiger partial charge < -0.3 is 4.84 Å². The summed E-state index contributed by atoms with van der Waals surface area (Å²) >= 11 is 0. The molecule has 1 aliphatic heterocycles. The summed E-state index contributed by atoms with van der Waals surface area (Å²) in [6.45, 7) is 6.63. The van der Waals surface area contributed by atoms with Gasteiger partial charge >= 0.3 is 0 Å². The normalized spacial score (nSPS) is 29.5. The molecule has 0 aromatic rings. The molecular formula is C14H26N2O. The van der Waals surface area contributed by atoms with Crippen molar-refractivity contribution < 1.29 is 4.84 Å². The minimum absolute atomic E-state index is 0.762. The van der Waals surface area contributed by atoms with Crippen LogP contribution in [0.1, 0.15) is 51.9 Å². The molecule has 3 heteroatoms. The molecule has 98 valence electrons. The Balaban J connectivity index is 1.64. The lowest BCUT2D eigenvalue weighted by Gasteiger charge is -2.13. The lowest BCUT2D eigenvalue weighted by molar-refractivity contribution is 0.117. The molecule has 17 heavy (non-hydrogen) atoms. The summed E-state index contributed by atoms with van der Waals surface area (Å²) in [5, 5.41) is 4.34. The zero-order valence-electron chi connectivity index (χ0n) is 11.2. The fourth-order valence-electron chi connectivity index (χ4n) is 2.82. The molecule has 0 aromatic heterocycles. The summed E-state index contributed by atoms with van der Waals surface area (Å²) in [5.74, 6) is 0.790. The van der Waals surface area contributed by atoms with E-state index in [0.717, 1.165) is 31.9 Å². The summed E-state index contributed by atoms with van der Waals surface area (Å²) in [5.41, 5.74) is 1.29. The largest absolute Gasteiger partial charge is 0.394 e. The number of likely N-dealkylation sites (tertiary alicyclic amines) is 1. The van der Waals surface area contributed by atoms with Gasteiger partial charge in [0.1, 0.15) is 6.61 Å². The van der Waals surface area contributed by atoms with E-state index in [1.807, 2.05) is 0 Å². The first-order chi connectivity index (χ1) is 8.34. The summed E-state index contributed by atoms with van der Waals surface area (Å²) < 4.78 is 0. The van der Waals surface area contributed by atoms with Crippen LogP contribution in [0.4, 0.5) is 0 Å². The predicted molar refractivity (Wildman–Crippen MR) is 71.3 cm³/mol. The van der Waals surface area contributed by atoms with Crippen LogP contribution in [-0.4, -0.2) is 36.9 Å². The molecule has 1 atom stereocenters. The van der Waals surface area contributed by atoms with Crippen LogP contribution >= 0.6 is 0 Å². The third-order valence-electron chi connectivity index (χ3n) is 3.89. The maximum Gasteiger partial charge on any atom is 0.129 e. The van der Waals surface area contributed by atoms with Gasteiger partial charge in [-0.1, -0.05) is 24.9 Å². The highest BCUT2D eigenvalue weighted by Crippen LogP contribution is 2.20. The summed E-state index contributed by atoms with van der Waals surface area (Å²) in [6.07, 6.45) is 9.00. The highest BCUT2D eigenvalue weighted by Gasteiger charge is 2.13. The third kappa shape index (κ3) is 4.66. The molecule has 1 aliphatic carbocycles. The van der Waals surface area contributed by atoms with E-state index < -0.39 is 0 Å².